The number of anilines is 2. The molecule has 0 radical (unpaired) electrons. The summed E-state index contributed by atoms with van der Waals surface area (Å²) in [6, 6.07) is 12.7. The monoisotopic (exact) mass is 387 g/mol. The molecule has 6 nitrogen and oxygen atoms in total. The van der Waals surface area contributed by atoms with E-state index >= 15 is 0 Å². The predicted molar refractivity (Wildman–Crippen MR) is 97.3 cm³/mol. The van der Waals surface area contributed by atoms with Crippen molar-refractivity contribution < 1.29 is 13.2 Å². The van der Waals surface area contributed by atoms with E-state index in [2.05, 4.69) is 5.10 Å². The van der Waals surface area contributed by atoms with Crippen LogP contribution in [0.25, 0.3) is 0 Å². The van der Waals surface area contributed by atoms with E-state index in [-0.39, 0.29) is 27.8 Å². The number of aryl methyl sites for hydroxylation is 1. The number of sulfone groups is 1. The quantitative estimate of drug-likeness (QED) is 0.690. The van der Waals surface area contributed by atoms with Crippen molar-refractivity contribution in [3.63, 3.8) is 0 Å². The number of hydrogen-bond acceptors (Lipinski definition) is 4. The molecule has 0 N–H and O–H groups in total. The maximum Gasteiger partial charge on any atom is 0.233 e. The topological polar surface area (TPSA) is 72.3 Å². The molecule has 1 aliphatic heterocycles. The zero-order chi connectivity index (χ0) is 18.3. The molecule has 132 valence electrons. The normalized spacial score (nSPS) is 14.6. The molecule has 2 aromatic carbocycles. The summed E-state index contributed by atoms with van der Waals surface area (Å²) in [5, 5.41) is 4.45. The number of hydrogen-bond donors (Lipinski definition) is 0. The maximum absolute atomic E-state index is 13.0. The lowest BCUT2D eigenvalue weighted by Crippen LogP contribution is -2.32. The van der Waals surface area contributed by atoms with Crippen LogP contribution in [0.5, 0.6) is 0 Å². The molecular formula is C18H14ClN3O3S. The summed E-state index contributed by atoms with van der Waals surface area (Å²) >= 11 is 6.08. The molecule has 26 heavy (non-hydrogen) atoms. The number of carbonyl (C=O) groups excluding carboxylic acids is 1. The minimum atomic E-state index is -3.71. The van der Waals surface area contributed by atoms with Gasteiger partial charge in [0, 0.05) is 30.4 Å². The molecule has 0 saturated carbocycles. The zero-order valence-corrected chi connectivity index (χ0v) is 15.1. The molecule has 0 fully saturated rings. The average Bonchev–Trinajstić information content (AvgIpc) is 3.13. The molecule has 0 unspecified atom stereocenters. The number of amides is 1. The van der Waals surface area contributed by atoms with Crippen LogP contribution in [0.1, 0.15) is 6.42 Å². The van der Waals surface area contributed by atoms with E-state index < -0.39 is 9.84 Å². The van der Waals surface area contributed by atoms with Gasteiger partial charge in [0.25, 0.3) is 0 Å². The lowest BCUT2D eigenvalue weighted by atomic mass is 10.2. The van der Waals surface area contributed by atoms with Gasteiger partial charge in [-0.05, 0) is 36.4 Å². The van der Waals surface area contributed by atoms with Crippen LogP contribution in [0, 0.1) is 0 Å². The Bertz CT molecular complexity index is 1090. The third kappa shape index (κ3) is 2.69. The van der Waals surface area contributed by atoms with Gasteiger partial charge in [-0.1, -0.05) is 23.7 Å². The third-order valence-electron chi connectivity index (χ3n) is 4.21. The average molecular weight is 388 g/mol. The van der Waals surface area contributed by atoms with Gasteiger partial charge in [-0.25, -0.2) is 8.42 Å². The van der Waals surface area contributed by atoms with Crippen LogP contribution >= 0.6 is 11.6 Å². The largest absolute Gasteiger partial charge is 0.278 e. The number of fused-ring (bicyclic) bond motifs is 2. The lowest BCUT2D eigenvalue weighted by Gasteiger charge is -2.31. The van der Waals surface area contributed by atoms with Gasteiger partial charge >= 0.3 is 0 Å². The zero-order valence-electron chi connectivity index (χ0n) is 13.5. The fourth-order valence-electron chi connectivity index (χ4n) is 3.03. The minimum absolute atomic E-state index is 0.0769. The first-order valence-corrected chi connectivity index (χ1v) is 9.78. The SMILES string of the molecule is O=C(CCn1cccn1)N1c2ccccc2S(=O)(=O)c2ccc(Cl)cc21. The van der Waals surface area contributed by atoms with E-state index in [1.165, 1.54) is 29.2 Å². The fraction of sp³-hybridized carbons (Fsp3) is 0.111. The highest BCUT2D eigenvalue weighted by molar-refractivity contribution is 7.92. The molecule has 0 bridgehead atoms. The first kappa shape index (κ1) is 16.8. The van der Waals surface area contributed by atoms with Gasteiger partial charge in [-0.3, -0.25) is 14.4 Å². The maximum atomic E-state index is 13.0. The summed E-state index contributed by atoms with van der Waals surface area (Å²) in [4.78, 5) is 14.6. The molecule has 8 heteroatoms. The number of rotatable bonds is 3. The van der Waals surface area contributed by atoms with Crippen LogP contribution < -0.4 is 4.90 Å². The van der Waals surface area contributed by atoms with E-state index in [9.17, 15) is 13.2 Å². The molecule has 1 aliphatic rings. The van der Waals surface area contributed by atoms with Crippen LogP contribution in [-0.2, 0) is 21.2 Å². The number of benzene rings is 2. The highest BCUT2D eigenvalue weighted by Crippen LogP contribution is 2.45. The molecule has 0 atom stereocenters. The first-order chi connectivity index (χ1) is 12.5. The number of halogens is 1. The molecule has 1 amide bonds. The van der Waals surface area contributed by atoms with E-state index in [1.54, 1.807) is 41.3 Å². The summed E-state index contributed by atoms with van der Waals surface area (Å²) in [7, 11) is -3.71. The summed E-state index contributed by atoms with van der Waals surface area (Å²) < 4.78 is 27.5. The highest BCUT2D eigenvalue weighted by Gasteiger charge is 2.36. The van der Waals surface area contributed by atoms with Gasteiger partial charge < -0.3 is 0 Å². The second-order valence-corrected chi connectivity index (χ2v) is 8.15. The Balaban J connectivity index is 1.82. The van der Waals surface area contributed by atoms with Crippen molar-refractivity contribution in [2.45, 2.75) is 22.8 Å². The predicted octanol–water partition coefficient (Wildman–Crippen LogP) is 3.44. The Labute approximate surface area is 155 Å². The fourth-order valence-corrected chi connectivity index (χ4v) is 4.80. The van der Waals surface area contributed by atoms with Crippen molar-refractivity contribution >= 4 is 38.7 Å². The molecule has 0 saturated heterocycles. The van der Waals surface area contributed by atoms with Gasteiger partial charge in [0.05, 0.1) is 21.2 Å². The third-order valence-corrected chi connectivity index (χ3v) is 6.29. The van der Waals surface area contributed by atoms with Gasteiger partial charge in [0.15, 0.2) is 0 Å². The van der Waals surface area contributed by atoms with Crippen molar-refractivity contribution in [1.82, 2.24) is 9.78 Å². The van der Waals surface area contributed by atoms with Crippen molar-refractivity contribution in [1.29, 1.82) is 0 Å². The Kier molecular flexibility index (Phi) is 4.05. The summed E-state index contributed by atoms with van der Waals surface area (Å²) in [5.41, 5.74) is 0.620. The van der Waals surface area contributed by atoms with Crippen LogP contribution in [-0.4, -0.2) is 24.1 Å². The first-order valence-electron chi connectivity index (χ1n) is 7.92. The Hall–Kier alpha value is -2.64. The molecule has 1 aromatic heterocycles. The lowest BCUT2D eigenvalue weighted by molar-refractivity contribution is -0.118. The van der Waals surface area contributed by atoms with E-state index in [4.69, 9.17) is 11.6 Å². The van der Waals surface area contributed by atoms with E-state index in [0.717, 1.165) is 0 Å². The van der Waals surface area contributed by atoms with Crippen molar-refractivity contribution in [2.24, 2.45) is 0 Å². The standard InChI is InChI=1S/C18H14ClN3O3S/c19-13-6-7-17-15(12-13)22(18(23)8-11-21-10-3-9-20-21)14-4-1-2-5-16(14)26(17,24)25/h1-7,9-10,12H,8,11H2. The Morgan fingerprint density at radius 1 is 1.04 bits per heavy atom. The number of aromatic nitrogens is 2. The number of carbonyl (C=O) groups is 1. The van der Waals surface area contributed by atoms with Crippen LogP contribution in [0.2, 0.25) is 5.02 Å². The molecule has 4 rings (SSSR count). The number of para-hydroxylation sites is 1. The van der Waals surface area contributed by atoms with Gasteiger partial charge in [-0.2, -0.15) is 5.10 Å². The van der Waals surface area contributed by atoms with Crippen molar-refractivity contribution in [3.05, 3.63) is 65.9 Å². The smallest absolute Gasteiger partial charge is 0.233 e. The molecule has 3 aromatic rings. The highest BCUT2D eigenvalue weighted by atomic mass is 35.5. The minimum Gasteiger partial charge on any atom is -0.278 e. The summed E-state index contributed by atoms with van der Waals surface area (Å²) in [6.07, 6.45) is 3.58. The van der Waals surface area contributed by atoms with Crippen LogP contribution in [0.3, 0.4) is 0 Å². The Morgan fingerprint density at radius 3 is 2.58 bits per heavy atom. The van der Waals surface area contributed by atoms with Crippen LogP contribution in [0.15, 0.2) is 70.7 Å². The van der Waals surface area contributed by atoms with Crippen molar-refractivity contribution in [3.8, 4) is 0 Å². The van der Waals surface area contributed by atoms with Gasteiger partial charge in [-0.15, -0.1) is 0 Å². The molecule has 0 aliphatic carbocycles. The Morgan fingerprint density at radius 2 is 1.81 bits per heavy atom. The number of nitrogens with zero attached hydrogens (tertiary/aromatic N) is 3. The van der Waals surface area contributed by atoms with Crippen molar-refractivity contribution in [2.75, 3.05) is 4.90 Å². The van der Waals surface area contributed by atoms with E-state index in [1.807, 2.05) is 0 Å². The summed E-state index contributed by atoms with van der Waals surface area (Å²) in [6.45, 7) is 0.396. The second-order valence-electron chi connectivity index (χ2n) is 5.83. The molecule has 2 heterocycles. The second kappa shape index (κ2) is 6.26. The van der Waals surface area contributed by atoms with Crippen LogP contribution in [0.4, 0.5) is 11.4 Å². The molecule has 0 spiro atoms. The van der Waals surface area contributed by atoms with E-state index in [0.29, 0.717) is 17.3 Å². The van der Waals surface area contributed by atoms with Gasteiger partial charge in [0.2, 0.25) is 15.7 Å². The summed E-state index contributed by atoms with van der Waals surface area (Å²) in [5.74, 6) is -0.230. The van der Waals surface area contributed by atoms with Gasteiger partial charge in [0.1, 0.15) is 0 Å². The molecular weight excluding hydrogens is 374 g/mol.